The average molecular weight is 279 g/mol. The third-order valence-electron chi connectivity index (χ3n) is 2.24. The molecule has 0 radical (unpaired) electrons. The van der Waals surface area contributed by atoms with Crippen LogP contribution in [-0.2, 0) is 10.0 Å². The minimum atomic E-state index is -4.20. The van der Waals surface area contributed by atoms with Crippen molar-refractivity contribution in [3.05, 3.63) is 17.9 Å². The third-order valence-corrected chi connectivity index (χ3v) is 3.69. The number of rotatable bonds is 7. The summed E-state index contributed by atoms with van der Waals surface area (Å²) >= 11 is 0. The molecule has 1 aromatic heterocycles. The Kier molecular flexibility index (Phi) is 4.59. The van der Waals surface area contributed by atoms with Crippen molar-refractivity contribution in [3.8, 4) is 0 Å². The Morgan fingerprint density at radius 1 is 1.22 bits per heavy atom. The molecule has 0 saturated carbocycles. The molecule has 1 heterocycles. The number of furan rings is 1. The van der Waals surface area contributed by atoms with Gasteiger partial charge in [0, 0.05) is 0 Å². The summed E-state index contributed by atoms with van der Waals surface area (Å²) in [7, 11) is -4.20. The minimum absolute atomic E-state index is 0.182. The number of aldehydes is 1. The van der Waals surface area contributed by atoms with Crippen LogP contribution in [-0.4, -0.2) is 55.4 Å². The number of aliphatic hydroxyl groups excluding tert-OH is 3. The first-order valence-corrected chi connectivity index (χ1v) is 6.33. The first-order valence-electron chi connectivity index (χ1n) is 4.84. The van der Waals surface area contributed by atoms with Gasteiger partial charge in [-0.15, -0.1) is 0 Å². The molecular weight excluding hydrogens is 266 g/mol. The van der Waals surface area contributed by atoms with Gasteiger partial charge >= 0.3 is 0 Å². The zero-order chi connectivity index (χ0) is 13.8. The molecule has 0 aliphatic carbocycles. The Balaban J connectivity index is 3.03. The van der Waals surface area contributed by atoms with Crippen molar-refractivity contribution in [3.63, 3.8) is 0 Å². The van der Waals surface area contributed by atoms with Crippen molar-refractivity contribution in [2.45, 2.75) is 10.6 Å². The summed E-state index contributed by atoms with van der Waals surface area (Å²) in [6.07, 6.45) is 0.330. The molecule has 0 bridgehead atoms. The fourth-order valence-corrected chi connectivity index (χ4v) is 2.44. The zero-order valence-electron chi connectivity index (χ0n) is 9.24. The number of nitrogens with one attached hydrogen (secondary N) is 1. The van der Waals surface area contributed by atoms with Crippen molar-refractivity contribution in [2.24, 2.45) is 0 Å². The monoisotopic (exact) mass is 279 g/mol. The summed E-state index contributed by atoms with van der Waals surface area (Å²) in [5.74, 6) is -0.182. The van der Waals surface area contributed by atoms with Crippen molar-refractivity contribution < 1.29 is 32.9 Å². The standard InChI is InChI=1S/C9H13NO7S/c11-3-7-1-2-8(17-7)18(15,16)10-9(4-12,5-13)6-14/h1-3,10,12-14H,4-6H2. The van der Waals surface area contributed by atoms with E-state index in [2.05, 4.69) is 0 Å². The number of carbonyl (C=O) groups is 1. The van der Waals surface area contributed by atoms with Gasteiger partial charge in [0.2, 0.25) is 5.09 Å². The average Bonchev–Trinajstić information content (AvgIpc) is 2.85. The molecule has 18 heavy (non-hydrogen) atoms. The largest absolute Gasteiger partial charge is 0.440 e. The lowest BCUT2D eigenvalue weighted by Gasteiger charge is -2.27. The van der Waals surface area contributed by atoms with Crippen LogP contribution in [0.4, 0.5) is 0 Å². The summed E-state index contributed by atoms with van der Waals surface area (Å²) in [6, 6.07) is 2.20. The predicted octanol–water partition coefficient (Wildman–Crippen LogP) is -1.91. The Morgan fingerprint density at radius 2 is 1.78 bits per heavy atom. The van der Waals surface area contributed by atoms with E-state index in [-0.39, 0.29) is 5.76 Å². The molecule has 1 rings (SSSR count). The van der Waals surface area contributed by atoms with Crippen molar-refractivity contribution in [1.29, 1.82) is 0 Å². The number of carbonyl (C=O) groups excluding carboxylic acids is 1. The number of sulfonamides is 1. The highest BCUT2D eigenvalue weighted by molar-refractivity contribution is 7.89. The molecule has 0 atom stereocenters. The normalized spacial score (nSPS) is 12.6. The van der Waals surface area contributed by atoms with Crippen LogP contribution < -0.4 is 4.72 Å². The topological polar surface area (TPSA) is 137 Å². The molecule has 0 aliphatic heterocycles. The van der Waals surface area contributed by atoms with Crippen molar-refractivity contribution in [2.75, 3.05) is 19.8 Å². The van der Waals surface area contributed by atoms with Gasteiger partial charge in [-0.2, -0.15) is 4.72 Å². The molecule has 0 amide bonds. The van der Waals surface area contributed by atoms with Crippen LogP contribution in [0.15, 0.2) is 21.6 Å². The summed E-state index contributed by atoms with van der Waals surface area (Å²) in [5, 5.41) is 26.5. The molecule has 0 fully saturated rings. The van der Waals surface area contributed by atoms with Gasteiger partial charge in [0.15, 0.2) is 12.0 Å². The molecule has 102 valence electrons. The smallest absolute Gasteiger partial charge is 0.274 e. The molecule has 9 heteroatoms. The Labute approximate surface area is 103 Å². The second kappa shape index (κ2) is 5.59. The van der Waals surface area contributed by atoms with Crippen LogP contribution in [0.2, 0.25) is 0 Å². The van der Waals surface area contributed by atoms with Gasteiger partial charge in [-0.3, -0.25) is 4.79 Å². The maximum atomic E-state index is 11.8. The van der Waals surface area contributed by atoms with E-state index >= 15 is 0 Å². The van der Waals surface area contributed by atoms with E-state index in [4.69, 9.17) is 19.7 Å². The van der Waals surface area contributed by atoms with E-state index < -0.39 is 40.5 Å². The van der Waals surface area contributed by atoms with Crippen LogP contribution in [0.5, 0.6) is 0 Å². The molecule has 8 nitrogen and oxygen atoms in total. The van der Waals surface area contributed by atoms with Gasteiger partial charge < -0.3 is 19.7 Å². The molecular formula is C9H13NO7S. The molecule has 0 saturated heterocycles. The van der Waals surface area contributed by atoms with Gasteiger partial charge in [-0.25, -0.2) is 8.42 Å². The third kappa shape index (κ3) is 2.94. The highest BCUT2D eigenvalue weighted by atomic mass is 32.2. The van der Waals surface area contributed by atoms with E-state index in [1.165, 1.54) is 0 Å². The SMILES string of the molecule is O=Cc1ccc(S(=O)(=O)NC(CO)(CO)CO)o1. The summed E-state index contributed by atoms with van der Waals surface area (Å²) in [6.45, 7) is -2.42. The van der Waals surface area contributed by atoms with Gasteiger partial charge in [0.25, 0.3) is 10.0 Å². The summed E-state index contributed by atoms with van der Waals surface area (Å²) in [4.78, 5) is 10.4. The van der Waals surface area contributed by atoms with Crippen LogP contribution in [0.1, 0.15) is 10.6 Å². The second-order valence-electron chi connectivity index (χ2n) is 3.63. The van der Waals surface area contributed by atoms with E-state index in [1.54, 1.807) is 0 Å². The minimum Gasteiger partial charge on any atom is -0.440 e. The lowest BCUT2D eigenvalue weighted by Crippen LogP contribution is -2.56. The van der Waals surface area contributed by atoms with E-state index in [9.17, 15) is 13.2 Å². The first-order chi connectivity index (χ1) is 8.43. The van der Waals surface area contributed by atoms with Crippen molar-refractivity contribution in [1.82, 2.24) is 4.72 Å². The lowest BCUT2D eigenvalue weighted by molar-refractivity contribution is 0.0579. The Morgan fingerprint density at radius 3 is 2.17 bits per heavy atom. The fourth-order valence-electron chi connectivity index (χ4n) is 1.12. The van der Waals surface area contributed by atoms with Crippen LogP contribution in [0.25, 0.3) is 0 Å². The van der Waals surface area contributed by atoms with Gasteiger partial charge in [0.1, 0.15) is 5.54 Å². The molecule has 0 spiro atoms. The highest BCUT2D eigenvalue weighted by Gasteiger charge is 2.35. The Hall–Kier alpha value is -1.26. The maximum Gasteiger partial charge on any atom is 0.274 e. The van der Waals surface area contributed by atoms with E-state index in [0.717, 1.165) is 12.1 Å². The summed E-state index contributed by atoms with van der Waals surface area (Å²) in [5.41, 5.74) is -1.80. The molecule has 0 aliphatic rings. The van der Waals surface area contributed by atoms with Crippen LogP contribution >= 0.6 is 0 Å². The van der Waals surface area contributed by atoms with E-state index in [0.29, 0.717) is 6.29 Å². The van der Waals surface area contributed by atoms with Gasteiger partial charge in [-0.05, 0) is 12.1 Å². The first kappa shape index (κ1) is 14.8. The van der Waals surface area contributed by atoms with Crippen LogP contribution in [0, 0.1) is 0 Å². The summed E-state index contributed by atoms with van der Waals surface area (Å²) < 4.78 is 30.2. The zero-order valence-corrected chi connectivity index (χ0v) is 10.1. The van der Waals surface area contributed by atoms with Crippen molar-refractivity contribution >= 4 is 16.3 Å². The maximum absolute atomic E-state index is 11.8. The van der Waals surface area contributed by atoms with E-state index in [1.807, 2.05) is 4.72 Å². The highest BCUT2D eigenvalue weighted by Crippen LogP contribution is 2.15. The Bertz CT molecular complexity index is 494. The lowest BCUT2D eigenvalue weighted by atomic mass is 10.1. The van der Waals surface area contributed by atoms with Gasteiger partial charge in [0.05, 0.1) is 19.8 Å². The van der Waals surface area contributed by atoms with Gasteiger partial charge in [-0.1, -0.05) is 0 Å². The number of hydrogen-bond donors (Lipinski definition) is 4. The number of hydrogen-bond acceptors (Lipinski definition) is 7. The molecule has 0 aromatic carbocycles. The molecule has 0 unspecified atom stereocenters. The van der Waals surface area contributed by atoms with Crippen LogP contribution in [0.3, 0.4) is 0 Å². The number of aliphatic hydroxyl groups is 3. The second-order valence-corrected chi connectivity index (χ2v) is 5.25. The molecule has 4 N–H and O–H groups in total. The fraction of sp³-hybridized carbons (Fsp3) is 0.444. The molecule has 1 aromatic rings. The quantitative estimate of drug-likeness (QED) is 0.427. The predicted molar refractivity (Wildman–Crippen MR) is 58.4 cm³/mol.